The van der Waals surface area contributed by atoms with Crippen LogP contribution in [0.15, 0.2) is 58.1 Å². The van der Waals surface area contributed by atoms with E-state index in [0.29, 0.717) is 11.7 Å². The highest BCUT2D eigenvalue weighted by atomic mass is 79.9. The topological polar surface area (TPSA) is 45.7 Å². The first kappa shape index (κ1) is 17.4. The van der Waals surface area contributed by atoms with Crippen LogP contribution in [-0.2, 0) is 6.61 Å². The van der Waals surface area contributed by atoms with Gasteiger partial charge in [-0.1, -0.05) is 30.3 Å². The molecule has 0 saturated heterocycles. The molecule has 2 aromatic rings. The first-order chi connectivity index (χ1) is 11.2. The van der Waals surface area contributed by atoms with Crippen molar-refractivity contribution >= 4 is 39.5 Å². The molecule has 2 aromatic carbocycles. The van der Waals surface area contributed by atoms with E-state index in [1.165, 1.54) is 0 Å². The fraction of sp³-hybridized carbons (Fsp3) is 0.176. The maximum absolute atomic E-state index is 5.81. The number of hydrogen-bond acceptors (Lipinski definition) is 3. The third-order valence-electron chi connectivity index (χ3n) is 2.91. The Hall–Kier alpha value is -1.92. The summed E-state index contributed by atoms with van der Waals surface area (Å²) in [5.41, 5.74) is 4.83. The van der Waals surface area contributed by atoms with E-state index >= 15 is 0 Å². The monoisotopic (exact) mass is 391 g/mol. The van der Waals surface area contributed by atoms with E-state index in [1.807, 2.05) is 55.5 Å². The first-order valence-electron chi connectivity index (χ1n) is 7.22. The Balaban J connectivity index is 1.92. The minimum absolute atomic E-state index is 0.505. The van der Waals surface area contributed by atoms with Crippen molar-refractivity contribution in [3.63, 3.8) is 0 Å². The highest BCUT2D eigenvalue weighted by Crippen LogP contribution is 2.26. The van der Waals surface area contributed by atoms with Crippen LogP contribution in [0.5, 0.6) is 5.75 Å². The number of benzene rings is 2. The fourth-order valence-corrected chi connectivity index (χ4v) is 2.52. The summed E-state index contributed by atoms with van der Waals surface area (Å²) in [7, 11) is 0. The van der Waals surface area contributed by atoms with Gasteiger partial charge in [-0.3, -0.25) is 5.43 Å². The second kappa shape index (κ2) is 9.27. The van der Waals surface area contributed by atoms with E-state index in [4.69, 9.17) is 17.0 Å². The van der Waals surface area contributed by atoms with Gasteiger partial charge in [-0.15, -0.1) is 0 Å². The van der Waals surface area contributed by atoms with Gasteiger partial charge in [0.05, 0.1) is 10.7 Å². The first-order valence-corrected chi connectivity index (χ1v) is 8.42. The van der Waals surface area contributed by atoms with Crippen LogP contribution in [0.3, 0.4) is 0 Å². The lowest BCUT2D eigenvalue weighted by Crippen LogP contribution is -2.31. The van der Waals surface area contributed by atoms with Crippen molar-refractivity contribution in [2.24, 2.45) is 5.10 Å². The van der Waals surface area contributed by atoms with Crippen LogP contribution in [0.25, 0.3) is 0 Å². The Bertz CT molecular complexity index is 677. The molecule has 0 saturated carbocycles. The molecule has 2 N–H and O–H groups in total. The third-order valence-corrected chi connectivity index (χ3v) is 3.77. The summed E-state index contributed by atoms with van der Waals surface area (Å²) in [5, 5.41) is 7.55. The maximum Gasteiger partial charge on any atom is 0.186 e. The number of ether oxygens (including phenoxy) is 1. The molecular formula is C17H18BrN3OS. The van der Waals surface area contributed by atoms with Crippen molar-refractivity contribution in [3.8, 4) is 5.75 Å². The average molecular weight is 392 g/mol. The minimum Gasteiger partial charge on any atom is -0.488 e. The average Bonchev–Trinajstić information content (AvgIpc) is 2.55. The van der Waals surface area contributed by atoms with Crippen LogP contribution in [0.1, 0.15) is 18.1 Å². The molecule has 0 aromatic heterocycles. The molecule has 0 radical (unpaired) electrons. The lowest BCUT2D eigenvalue weighted by Gasteiger charge is -2.09. The highest BCUT2D eigenvalue weighted by molar-refractivity contribution is 9.10. The molecule has 2 rings (SSSR count). The van der Waals surface area contributed by atoms with Crippen molar-refractivity contribution in [2.75, 3.05) is 6.54 Å². The van der Waals surface area contributed by atoms with Gasteiger partial charge in [0.1, 0.15) is 12.4 Å². The molecule has 0 atom stereocenters. The van der Waals surface area contributed by atoms with Gasteiger partial charge in [-0.25, -0.2) is 0 Å². The minimum atomic E-state index is 0.505. The molecule has 0 aliphatic heterocycles. The van der Waals surface area contributed by atoms with E-state index in [1.54, 1.807) is 6.21 Å². The standard InChI is InChI=1S/C17H18BrN3OS/c1-2-19-17(23)21-20-11-14-8-9-16(15(18)10-14)22-12-13-6-4-3-5-7-13/h3-11H,2,12H2,1H3,(H2,19,21,23)/b20-11-. The molecule has 0 unspecified atom stereocenters. The summed E-state index contributed by atoms with van der Waals surface area (Å²) in [5.74, 6) is 0.794. The fourth-order valence-electron chi connectivity index (χ4n) is 1.82. The zero-order valence-electron chi connectivity index (χ0n) is 12.8. The second-order valence-corrected chi connectivity index (χ2v) is 5.96. The smallest absolute Gasteiger partial charge is 0.186 e. The van der Waals surface area contributed by atoms with Gasteiger partial charge in [0.2, 0.25) is 0 Å². The Morgan fingerprint density at radius 3 is 2.74 bits per heavy atom. The predicted octanol–water partition coefficient (Wildman–Crippen LogP) is 3.85. The second-order valence-electron chi connectivity index (χ2n) is 4.69. The van der Waals surface area contributed by atoms with Gasteiger partial charge < -0.3 is 10.1 Å². The summed E-state index contributed by atoms with van der Waals surface area (Å²) >= 11 is 8.55. The summed E-state index contributed by atoms with van der Waals surface area (Å²) in [6.07, 6.45) is 1.70. The highest BCUT2D eigenvalue weighted by Gasteiger charge is 2.02. The van der Waals surface area contributed by atoms with Crippen LogP contribution in [0.2, 0.25) is 0 Å². The maximum atomic E-state index is 5.81. The molecule has 0 amide bonds. The molecule has 120 valence electrons. The molecule has 0 spiro atoms. The van der Waals surface area contributed by atoms with Crippen LogP contribution in [0, 0.1) is 0 Å². The van der Waals surface area contributed by atoms with E-state index in [9.17, 15) is 0 Å². The Morgan fingerprint density at radius 1 is 1.26 bits per heavy atom. The predicted molar refractivity (Wildman–Crippen MR) is 102 cm³/mol. The summed E-state index contributed by atoms with van der Waals surface area (Å²) < 4.78 is 6.70. The normalized spacial score (nSPS) is 10.5. The number of nitrogens with zero attached hydrogens (tertiary/aromatic N) is 1. The molecule has 0 bridgehead atoms. The Labute approximate surface area is 150 Å². The zero-order chi connectivity index (χ0) is 16.5. The van der Waals surface area contributed by atoms with Crippen LogP contribution in [0.4, 0.5) is 0 Å². The van der Waals surface area contributed by atoms with Crippen molar-refractivity contribution in [1.82, 2.24) is 10.7 Å². The molecule has 6 heteroatoms. The number of rotatable bonds is 6. The molecule has 0 aliphatic carbocycles. The lowest BCUT2D eigenvalue weighted by atomic mass is 10.2. The van der Waals surface area contributed by atoms with Gasteiger partial charge in [0, 0.05) is 6.54 Å². The number of hydrogen-bond donors (Lipinski definition) is 2. The van der Waals surface area contributed by atoms with E-state index < -0.39 is 0 Å². The number of nitrogens with one attached hydrogen (secondary N) is 2. The van der Waals surface area contributed by atoms with Crippen molar-refractivity contribution in [2.45, 2.75) is 13.5 Å². The lowest BCUT2D eigenvalue weighted by molar-refractivity contribution is 0.304. The van der Waals surface area contributed by atoms with Crippen molar-refractivity contribution < 1.29 is 4.74 Å². The van der Waals surface area contributed by atoms with Crippen molar-refractivity contribution in [3.05, 3.63) is 64.1 Å². The summed E-state index contributed by atoms with van der Waals surface area (Å²) in [6.45, 7) is 3.27. The number of thiocarbonyl (C=S) groups is 1. The molecule has 4 nitrogen and oxygen atoms in total. The van der Waals surface area contributed by atoms with Crippen molar-refractivity contribution in [1.29, 1.82) is 0 Å². The van der Waals surface area contributed by atoms with Crippen LogP contribution >= 0.6 is 28.1 Å². The zero-order valence-corrected chi connectivity index (χ0v) is 15.2. The van der Waals surface area contributed by atoms with E-state index in [2.05, 4.69) is 31.8 Å². The molecule has 0 aliphatic rings. The SMILES string of the molecule is CCNC(=S)N/N=C\c1ccc(OCc2ccccc2)c(Br)c1. The molecule has 23 heavy (non-hydrogen) atoms. The Kier molecular flexibility index (Phi) is 7.03. The van der Waals surface area contributed by atoms with Crippen LogP contribution < -0.4 is 15.5 Å². The van der Waals surface area contributed by atoms with Crippen LogP contribution in [-0.4, -0.2) is 17.9 Å². The van der Waals surface area contributed by atoms with E-state index in [-0.39, 0.29) is 0 Å². The molecular weight excluding hydrogens is 374 g/mol. The summed E-state index contributed by atoms with van der Waals surface area (Å²) in [4.78, 5) is 0. The number of halogens is 1. The molecule has 0 heterocycles. The number of hydrazone groups is 1. The largest absolute Gasteiger partial charge is 0.488 e. The van der Waals surface area contributed by atoms with E-state index in [0.717, 1.165) is 27.9 Å². The van der Waals surface area contributed by atoms with Gasteiger partial charge in [0.15, 0.2) is 5.11 Å². The Morgan fingerprint density at radius 2 is 2.04 bits per heavy atom. The van der Waals surface area contributed by atoms with Gasteiger partial charge in [-0.2, -0.15) is 5.10 Å². The van der Waals surface area contributed by atoms with Gasteiger partial charge >= 0.3 is 0 Å². The quantitative estimate of drug-likeness (QED) is 0.446. The summed E-state index contributed by atoms with van der Waals surface area (Å²) in [6, 6.07) is 15.9. The van der Waals surface area contributed by atoms with Gasteiger partial charge in [-0.05, 0) is 64.4 Å². The third kappa shape index (κ3) is 6.00. The molecule has 0 fully saturated rings. The van der Waals surface area contributed by atoms with Gasteiger partial charge in [0.25, 0.3) is 0 Å².